The molecule has 1 aliphatic heterocycles. The minimum absolute atomic E-state index is 0.429. The summed E-state index contributed by atoms with van der Waals surface area (Å²) >= 11 is 0. The van der Waals surface area contributed by atoms with Gasteiger partial charge >= 0.3 is 0 Å². The Morgan fingerprint density at radius 2 is 2.05 bits per heavy atom. The minimum atomic E-state index is 0.429. The smallest absolute Gasteiger partial charge is 0.138 e. The number of rotatable bonds is 4. The van der Waals surface area contributed by atoms with Crippen molar-refractivity contribution in [3.63, 3.8) is 0 Å². The second kappa shape index (κ2) is 6.37. The van der Waals surface area contributed by atoms with Gasteiger partial charge in [0, 0.05) is 56.7 Å². The van der Waals surface area contributed by atoms with Crippen LogP contribution in [0.5, 0.6) is 0 Å². The zero-order chi connectivity index (χ0) is 14.7. The van der Waals surface area contributed by atoms with E-state index in [4.69, 9.17) is 4.52 Å². The molecule has 3 heterocycles. The van der Waals surface area contributed by atoms with Gasteiger partial charge in [-0.1, -0.05) is 11.2 Å². The van der Waals surface area contributed by atoms with Crippen molar-refractivity contribution in [3.05, 3.63) is 47.6 Å². The maximum absolute atomic E-state index is 5.13. The molecule has 1 atom stereocenters. The van der Waals surface area contributed by atoms with Crippen LogP contribution in [0.15, 0.2) is 35.2 Å². The van der Waals surface area contributed by atoms with Crippen molar-refractivity contribution in [1.82, 2.24) is 19.9 Å². The first-order chi connectivity index (χ1) is 10.2. The molecule has 0 aliphatic carbocycles. The predicted octanol–water partition coefficient (Wildman–Crippen LogP) is 2.26. The predicted molar refractivity (Wildman–Crippen MR) is 80.7 cm³/mol. The molecule has 3 rings (SSSR count). The summed E-state index contributed by atoms with van der Waals surface area (Å²) in [7, 11) is 0. The Labute approximate surface area is 125 Å². The van der Waals surface area contributed by atoms with Crippen molar-refractivity contribution in [1.29, 1.82) is 0 Å². The van der Waals surface area contributed by atoms with Crippen LogP contribution in [-0.4, -0.2) is 46.1 Å². The van der Waals surface area contributed by atoms with Crippen molar-refractivity contribution < 1.29 is 4.52 Å². The molecule has 0 N–H and O–H groups in total. The van der Waals surface area contributed by atoms with Crippen LogP contribution < -0.4 is 0 Å². The first-order valence-electron chi connectivity index (χ1n) is 7.50. The summed E-state index contributed by atoms with van der Waals surface area (Å²) in [4.78, 5) is 9.21. The van der Waals surface area contributed by atoms with E-state index in [0.29, 0.717) is 6.04 Å². The third-order valence-electron chi connectivity index (χ3n) is 4.37. The molecule has 0 radical (unpaired) electrons. The van der Waals surface area contributed by atoms with Gasteiger partial charge in [-0.2, -0.15) is 0 Å². The molecule has 0 saturated carbocycles. The van der Waals surface area contributed by atoms with E-state index in [0.717, 1.165) is 38.5 Å². The fourth-order valence-electron chi connectivity index (χ4n) is 2.85. The highest BCUT2D eigenvalue weighted by Crippen LogP contribution is 2.21. The first-order valence-corrected chi connectivity index (χ1v) is 7.50. The van der Waals surface area contributed by atoms with Gasteiger partial charge in [0.1, 0.15) is 5.76 Å². The van der Waals surface area contributed by atoms with E-state index in [2.05, 4.69) is 32.9 Å². The summed E-state index contributed by atoms with van der Waals surface area (Å²) in [6.07, 6.45) is 5.63. The van der Waals surface area contributed by atoms with Gasteiger partial charge in [0.15, 0.2) is 0 Å². The summed E-state index contributed by atoms with van der Waals surface area (Å²) in [5, 5.41) is 3.85. The van der Waals surface area contributed by atoms with Gasteiger partial charge in [-0.3, -0.25) is 14.8 Å². The van der Waals surface area contributed by atoms with E-state index in [1.807, 2.05) is 31.6 Å². The fourth-order valence-corrected chi connectivity index (χ4v) is 2.85. The van der Waals surface area contributed by atoms with Crippen molar-refractivity contribution in [2.75, 3.05) is 26.2 Å². The number of hydrogen-bond donors (Lipinski definition) is 0. The summed E-state index contributed by atoms with van der Waals surface area (Å²) in [6.45, 7) is 9.50. The zero-order valence-electron chi connectivity index (χ0n) is 12.7. The Bertz CT molecular complexity index is 561. The molecular weight excluding hydrogens is 264 g/mol. The maximum Gasteiger partial charge on any atom is 0.138 e. The van der Waals surface area contributed by atoms with Crippen LogP contribution in [0.2, 0.25) is 0 Å². The monoisotopic (exact) mass is 286 g/mol. The van der Waals surface area contributed by atoms with Crippen LogP contribution >= 0.6 is 0 Å². The highest BCUT2D eigenvalue weighted by Gasteiger charge is 2.22. The van der Waals surface area contributed by atoms with Crippen LogP contribution in [0.1, 0.15) is 29.9 Å². The molecule has 1 saturated heterocycles. The first kappa shape index (κ1) is 14.2. The fraction of sp³-hybridized carbons (Fsp3) is 0.500. The molecule has 2 aromatic heterocycles. The quantitative estimate of drug-likeness (QED) is 0.862. The average Bonchev–Trinajstić information content (AvgIpc) is 2.93. The third-order valence-corrected chi connectivity index (χ3v) is 4.37. The molecule has 1 aliphatic rings. The van der Waals surface area contributed by atoms with Crippen LogP contribution in [0, 0.1) is 6.92 Å². The largest absolute Gasteiger partial charge is 0.361 e. The number of nitrogens with zero attached hydrogens (tertiary/aromatic N) is 4. The van der Waals surface area contributed by atoms with Crippen molar-refractivity contribution in [2.45, 2.75) is 26.4 Å². The Hall–Kier alpha value is -1.72. The van der Waals surface area contributed by atoms with Crippen LogP contribution in [0.3, 0.4) is 0 Å². The van der Waals surface area contributed by atoms with E-state index in [1.54, 1.807) is 0 Å². The Morgan fingerprint density at radius 1 is 1.24 bits per heavy atom. The molecule has 2 aromatic rings. The van der Waals surface area contributed by atoms with Gasteiger partial charge in [-0.25, -0.2) is 0 Å². The van der Waals surface area contributed by atoms with E-state index in [-0.39, 0.29) is 0 Å². The lowest BCUT2D eigenvalue weighted by molar-refractivity contribution is 0.0974. The highest BCUT2D eigenvalue weighted by molar-refractivity contribution is 5.14. The number of pyridine rings is 1. The standard InChI is InChI=1S/C16H22N4O/c1-13(15-4-3-5-17-10-15)20-8-6-19(7-9-20)12-16-11-18-21-14(16)2/h3-5,10-11,13H,6-9,12H2,1-2H3/t13-/m1/s1. The molecule has 5 nitrogen and oxygen atoms in total. The van der Waals surface area contributed by atoms with Gasteiger partial charge < -0.3 is 4.52 Å². The third kappa shape index (κ3) is 3.31. The number of aromatic nitrogens is 2. The average molecular weight is 286 g/mol. The van der Waals surface area contributed by atoms with Crippen molar-refractivity contribution >= 4 is 0 Å². The minimum Gasteiger partial charge on any atom is -0.361 e. The summed E-state index contributed by atoms with van der Waals surface area (Å²) in [5.41, 5.74) is 2.49. The normalized spacial score (nSPS) is 18.8. The van der Waals surface area contributed by atoms with Crippen LogP contribution in [0.4, 0.5) is 0 Å². The molecule has 5 heteroatoms. The van der Waals surface area contributed by atoms with Crippen LogP contribution in [-0.2, 0) is 6.54 Å². The Balaban J connectivity index is 1.54. The van der Waals surface area contributed by atoms with Gasteiger partial charge in [0.05, 0.1) is 6.20 Å². The van der Waals surface area contributed by atoms with Crippen molar-refractivity contribution in [2.24, 2.45) is 0 Å². The van der Waals surface area contributed by atoms with E-state index < -0.39 is 0 Å². The lowest BCUT2D eigenvalue weighted by atomic mass is 10.1. The number of aryl methyl sites for hydroxylation is 1. The second-order valence-electron chi connectivity index (χ2n) is 5.68. The summed E-state index contributed by atoms with van der Waals surface area (Å²) < 4.78 is 5.13. The SMILES string of the molecule is Cc1oncc1CN1CCN([C@H](C)c2cccnc2)CC1. The number of hydrogen-bond acceptors (Lipinski definition) is 5. The molecule has 0 aromatic carbocycles. The highest BCUT2D eigenvalue weighted by atomic mass is 16.5. The Morgan fingerprint density at radius 3 is 2.67 bits per heavy atom. The topological polar surface area (TPSA) is 45.4 Å². The molecule has 1 fully saturated rings. The number of piperazine rings is 1. The van der Waals surface area contributed by atoms with Crippen LogP contribution in [0.25, 0.3) is 0 Å². The molecule has 0 spiro atoms. The molecule has 0 unspecified atom stereocenters. The molecular formula is C16H22N4O. The molecule has 112 valence electrons. The van der Waals surface area contributed by atoms with Crippen molar-refractivity contribution in [3.8, 4) is 0 Å². The molecule has 0 bridgehead atoms. The summed E-state index contributed by atoms with van der Waals surface area (Å²) in [5.74, 6) is 0.932. The molecule has 0 amide bonds. The van der Waals surface area contributed by atoms with Gasteiger partial charge in [0.2, 0.25) is 0 Å². The second-order valence-corrected chi connectivity index (χ2v) is 5.68. The van der Waals surface area contributed by atoms with Gasteiger partial charge in [-0.05, 0) is 25.5 Å². The van der Waals surface area contributed by atoms with E-state index in [1.165, 1.54) is 11.1 Å². The maximum atomic E-state index is 5.13. The molecule has 21 heavy (non-hydrogen) atoms. The summed E-state index contributed by atoms with van der Waals surface area (Å²) in [6, 6.07) is 4.60. The lowest BCUT2D eigenvalue weighted by Gasteiger charge is -2.38. The van der Waals surface area contributed by atoms with Gasteiger partial charge in [-0.15, -0.1) is 0 Å². The van der Waals surface area contributed by atoms with E-state index >= 15 is 0 Å². The van der Waals surface area contributed by atoms with E-state index in [9.17, 15) is 0 Å². The zero-order valence-corrected chi connectivity index (χ0v) is 12.7. The lowest BCUT2D eigenvalue weighted by Crippen LogP contribution is -2.46. The van der Waals surface area contributed by atoms with Gasteiger partial charge in [0.25, 0.3) is 0 Å². The Kier molecular flexibility index (Phi) is 4.31.